The number of rotatable bonds is 7. The van der Waals surface area contributed by atoms with Crippen LogP contribution in [0, 0.1) is 5.92 Å². The van der Waals surface area contributed by atoms with E-state index in [1.807, 2.05) is 19.6 Å². The molecule has 1 heterocycles. The molecule has 0 unspecified atom stereocenters. The number of ether oxygens (including phenoxy) is 1. The molecule has 0 bridgehead atoms. The molecule has 0 aromatic carbocycles. The van der Waals surface area contributed by atoms with Crippen molar-refractivity contribution in [1.29, 1.82) is 0 Å². The van der Waals surface area contributed by atoms with E-state index in [1.165, 1.54) is 18.5 Å². The number of aromatic nitrogens is 2. The van der Waals surface area contributed by atoms with E-state index in [0.29, 0.717) is 12.7 Å². The van der Waals surface area contributed by atoms with Crippen LogP contribution in [-0.2, 0) is 17.9 Å². The summed E-state index contributed by atoms with van der Waals surface area (Å²) >= 11 is 0. The molecule has 1 fully saturated rings. The minimum atomic E-state index is 0.457. The van der Waals surface area contributed by atoms with E-state index in [-0.39, 0.29) is 0 Å². The maximum absolute atomic E-state index is 5.90. The minimum Gasteiger partial charge on any atom is -0.372 e. The van der Waals surface area contributed by atoms with Crippen molar-refractivity contribution in [2.24, 2.45) is 5.92 Å². The van der Waals surface area contributed by atoms with Crippen molar-refractivity contribution >= 4 is 0 Å². The summed E-state index contributed by atoms with van der Waals surface area (Å²) in [7, 11) is 2.01. The van der Waals surface area contributed by atoms with Crippen molar-refractivity contribution in [3.8, 4) is 0 Å². The van der Waals surface area contributed by atoms with E-state index in [0.717, 1.165) is 25.4 Å². The lowest BCUT2D eigenvalue weighted by molar-refractivity contribution is -0.0411. The molecule has 2 rings (SSSR count). The Kier molecular flexibility index (Phi) is 4.57. The van der Waals surface area contributed by atoms with Crippen molar-refractivity contribution in [3.05, 3.63) is 18.2 Å². The molecule has 0 saturated heterocycles. The second-order valence-electron chi connectivity index (χ2n) is 4.91. The predicted molar refractivity (Wildman–Crippen MR) is 67.7 cm³/mol. The number of hydrogen-bond donors (Lipinski definition) is 1. The van der Waals surface area contributed by atoms with Crippen LogP contribution in [0.4, 0.5) is 0 Å². The van der Waals surface area contributed by atoms with E-state index in [1.54, 1.807) is 0 Å². The summed E-state index contributed by atoms with van der Waals surface area (Å²) in [5.41, 5.74) is 1.20. The van der Waals surface area contributed by atoms with Crippen molar-refractivity contribution < 1.29 is 4.74 Å². The van der Waals surface area contributed by atoms with Gasteiger partial charge in [-0.25, -0.2) is 4.98 Å². The molecule has 17 heavy (non-hydrogen) atoms. The van der Waals surface area contributed by atoms with Gasteiger partial charge in [0.2, 0.25) is 0 Å². The van der Waals surface area contributed by atoms with Gasteiger partial charge in [-0.05, 0) is 38.8 Å². The Morgan fingerprint density at radius 1 is 1.53 bits per heavy atom. The predicted octanol–water partition coefficient (Wildman–Crippen LogP) is 1.81. The first-order chi connectivity index (χ1) is 8.33. The van der Waals surface area contributed by atoms with Crippen molar-refractivity contribution in [2.75, 3.05) is 13.6 Å². The molecule has 4 nitrogen and oxygen atoms in total. The fourth-order valence-electron chi connectivity index (χ4n) is 2.38. The van der Waals surface area contributed by atoms with Crippen LogP contribution in [0.1, 0.15) is 31.9 Å². The van der Waals surface area contributed by atoms with Crippen LogP contribution >= 0.6 is 0 Å². The average molecular weight is 237 g/mol. The highest BCUT2D eigenvalue weighted by atomic mass is 16.5. The summed E-state index contributed by atoms with van der Waals surface area (Å²) in [4.78, 5) is 4.18. The molecule has 1 N–H and O–H groups in total. The Morgan fingerprint density at radius 2 is 2.35 bits per heavy atom. The van der Waals surface area contributed by atoms with Gasteiger partial charge in [0.05, 0.1) is 30.9 Å². The number of nitrogens with zero attached hydrogens (tertiary/aromatic N) is 2. The highest BCUT2D eigenvalue weighted by molar-refractivity contribution is 4.97. The van der Waals surface area contributed by atoms with Crippen LogP contribution < -0.4 is 5.32 Å². The molecular formula is C13H23N3O. The summed E-state index contributed by atoms with van der Waals surface area (Å²) in [5, 5.41) is 3.22. The number of nitrogens with one attached hydrogen (secondary N) is 1. The molecule has 0 aliphatic heterocycles. The summed E-state index contributed by atoms with van der Waals surface area (Å²) in [6.45, 7) is 5.04. The Labute approximate surface area is 103 Å². The summed E-state index contributed by atoms with van der Waals surface area (Å²) < 4.78 is 8.08. The number of aryl methyl sites for hydroxylation is 1. The number of hydrogen-bond acceptors (Lipinski definition) is 3. The fraction of sp³-hybridized carbons (Fsp3) is 0.769. The van der Waals surface area contributed by atoms with Gasteiger partial charge in [-0.15, -0.1) is 0 Å². The summed E-state index contributed by atoms with van der Waals surface area (Å²) in [6.07, 6.45) is 7.80. The zero-order valence-corrected chi connectivity index (χ0v) is 10.9. The second-order valence-corrected chi connectivity index (χ2v) is 4.91. The van der Waals surface area contributed by atoms with Gasteiger partial charge in [0.25, 0.3) is 0 Å². The van der Waals surface area contributed by atoms with Crippen LogP contribution in [0.3, 0.4) is 0 Å². The first kappa shape index (κ1) is 12.6. The maximum Gasteiger partial charge on any atom is 0.0948 e. The standard InChI is InChI=1S/C13H23N3O/c1-3-4-16-10-15-8-12(16)9-17-13-5-11(6-13)7-14-2/h8,10-11,13-14H,3-7,9H2,1-2H3. The van der Waals surface area contributed by atoms with E-state index in [9.17, 15) is 0 Å². The van der Waals surface area contributed by atoms with Gasteiger partial charge in [-0.1, -0.05) is 6.92 Å². The quantitative estimate of drug-likeness (QED) is 0.786. The molecule has 1 saturated carbocycles. The minimum absolute atomic E-state index is 0.457. The first-order valence-electron chi connectivity index (χ1n) is 6.58. The Balaban J connectivity index is 1.70. The van der Waals surface area contributed by atoms with Crippen molar-refractivity contribution in [3.63, 3.8) is 0 Å². The monoisotopic (exact) mass is 237 g/mol. The molecule has 0 spiro atoms. The van der Waals surface area contributed by atoms with Crippen LogP contribution in [0.15, 0.2) is 12.5 Å². The van der Waals surface area contributed by atoms with Crippen molar-refractivity contribution in [1.82, 2.24) is 14.9 Å². The lowest BCUT2D eigenvalue weighted by Gasteiger charge is -2.35. The Morgan fingerprint density at radius 3 is 3.06 bits per heavy atom. The van der Waals surface area contributed by atoms with Crippen LogP contribution in [0.2, 0.25) is 0 Å². The highest BCUT2D eigenvalue weighted by Crippen LogP contribution is 2.29. The Hall–Kier alpha value is -0.870. The normalized spacial score (nSPS) is 23.6. The fourth-order valence-corrected chi connectivity index (χ4v) is 2.38. The van der Waals surface area contributed by atoms with Gasteiger partial charge >= 0.3 is 0 Å². The molecule has 0 amide bonds. The van der Waals surface area contributed by atoms with Gasteiger partial charge in [-0.2, -0.15) is 0 Å². The van der Waals surface area contributed by atoms with Crippen LogP contribution in [0.25, 0.3) is 0 Å². The zero-order chi connectivity index (χ0) is 12.1. The van der Waals surface area contributed by atoms with E-state index >= 15 is 0 Å². The zero-order valence-electron chi connectivity index (χ0n) is 10.9. The van der Waals surface area contributed by atoms with E-state index in [4.69, 9.17) is 4.74 Å². The third kappa shape index (κ3) is 3.30. The first-order valence-corrected chi connectivity index (χ1v) is 6.58. The molecule has 96 valence electrons. The maximum atomic E-state index is 5.90. The van der Waals surface area contributed by atoms with Crippen LogP contribution in [0.5, 0.6) is 0 Å². The SMILES string of the molecule is CCCn1cncc1COC1CC(CNC)C1. The third-order valence-corrected chi connectivity index (χ3v) is 3.42. The van der Waals surface area contributed by atoms with Gasteiger partial charge in [0.1, 0.15) is 0 Å². The summed E-state index contributed by atoms with van der Waals surface area (Å²) in [5.74, 6) is 0.811. The Bertz CT molecular complexity index is 331. The second kappa shape index (κ2) is 6.17. The molecule has 1 aliphatic carbocycles. The smallest absolute Gasteiger partial charge is 0.0948 e. The van der Waals surface area contributed by atoms with Gasteiger partial charge in [0, 0.05) is 6.54 Å². The molecule has 1 aliphatic rings. The third-order valence-electron chi connectivity index (χ3n) is 3.42. The topological polar surface area (TPSA) is 39.1 Å². The van der Waals surface area contributed by atoms with E-state index < -0.39 is 0 Å². The molecule has 4 heteroatoms. The lowest BCUT2D eigenvalue weighted by atomic mass is 9.82. The molecule has 0 atom stereocenters. The van der Waals surface area contributed by atoms with E-state index in [2.05, 4.69) is 21.8 Å². The average Bonchev–Trinajstić information content (AvgIpc) is 2.70. The molecule has 0 radical (unpaired) electrons. The van der Waals surface area contributed by atoms with Crippen LogP contribution in [-0.4, -0.2) is 29.2 Å². The molecule has 1 aromatic heterocycles. The summed E-state index contributed by atoms with van der Waals surface area (Å²) in [6, 6.07) is 0. The highest BCUT2D eigenvalue weighted by Gasteiger charge is 2.29. The van der Waals surface area contributed by atoms with Crippen molar-refractivity contribution in [2.45, 2.75) is 45.4 Å². The van der Waals surface area contributed by atoms with Gasteiger partial charge in [-0.3, -0.25) is 0 Å². The molecular weight excluding hydrogens is 214 g/mol. The van der Waals surface area contributed by atoms with Gasteiger partial charge < -0.3 is 14.6 Å². The van der Waals surface area contributed by atoms with Gasteiger partial charge in [0.15, 0.2) is 0 Å². The lowest BCUT2D eigenvalue weighted by Crippen LogP contribution is -2.36. The number of imidazole rings is 1. The molecule has 1 aromatic rings. The largest absolute Gasteiger partial charge is 0.372 e.